The monoisotopic (exact) mass is 305 g/mol. The van der Waals surface area contributed by atoms with E-state index in [2.05, 4.69) is 10.00 Å². The number of nitrogens with two attached hydrogens (primary N) is 1. The summed E-state index contributed by atoms with van der Waals surface area (Å²) in [6, 6.07) is 7.58. The lowest BCUT2D eigenvalue weighted by molar-refractivity contribution is 0.689. The van der Waals surface area contributed by atoms with Crippen LogP contribution in [0.15, 0.2) is 24.3 Å². The van der Waals surface area contributed by atoms with Gasteiger partial charge in [-0.05, 0) is 30.7 Å². The van der Waals surface area contributed by atoms with Gasteiger partial charge in [-0.2, -0.15) is 5.10 Å². The fraction of sp³-hybridized carbons (Fsp3) is 0.333. The van der Waals surface area contributed by atoms with Crippen LogP contribution in [0, 0.1) is 5.41 Å². The van der Waals surface area contributed by atoms with Gasteiger partial charge in [-0.25, -0.2) is 0 Å². The Balaban J connectivity index is 2.19. The zero-order chi connectivity index (χ0) is 15.6. The molecule has 112 valence electrons. The van der Waals surface area contributed by atoms with Crippen LogP contribution in [-0.4, -0.2) is 22.7 Å². The quantitative estimate of drug-likeness (QED) is 0.659. The molecule has 0 saturated carbocycles. The van der Waals surface area contributed by atoms with Crippen LogP contribution in [0.25, 0.3) is 0 Å². The first kappa shape index (κ1) is 15.4. The minimum Gasteiger partial charge on any atom is -0.384 e. The van der Waals surface area contributed by atoms with Gasteiger partial charge in [0, 0.05) is 25.3 Å². The topological polar surface area (TPSA) is 70.9 Å². The minimum absolute atomic E-state index is 0.0754. The average Bonchev–Trinajstić information content (AvgIpc) is 2.74. The molecule has 0 bridgehead atoms. The van der Waals surface area contributed by atoms with E-state index in [0.717, 1.165) is 34.1 Å². The summed E-state index contributed by atoms with van der Waals surface area (Å²) in [7, 11) is 3.91. The first-order valence-electron chi connectivity index (χ1n) is 6.79. The number of amidine groups is 1. The summed E-state index contributed by atoms with van der Waals surface area (Å²) in [5, 5.41) is 12.6. The van der Waals surface area contributed by atoms with Crippen LogP contribution < -0.4 is 10.6 Å². The van der Waals surface area contributed by atoms with Crippen LogP contribution in [0.1, 0.15) is 23.9 Å². The van der Waals surface area contributed by atoms with Crippen LogP contribution in [0.2, 0.25) is 5.02 Å². The van der Waals surface area contributed by atoms with Crippen LogP contribution in [0.3, 0.4) is 0 Å². The lowest BCUT2D eigenvalue weighted by Gasteiger charge is -2.20. The van der Waals surface area contributed by atoms with E-state index < -0.39 is 0 Å². The fourth-order valence-electron chi connectivity index (χ4n) is 2.20. The summed E-state index contributed by atoms with van der Waals surface area (Å²) in [5.41, 5.74) is 9.14. The number of benzene rings is 1. The van der Waals surface area contributed by atoms with Gasteiger partial charge in [0.05, 0.1) is 23.0 Å². The van der Waals surface area contributed by atoms with Crippen LogP contribution in [-0.2, 0) is 20.0 Å². The summed E-state index contributed by atoms with van der Waals surface area (Å²) in [5.74, 6) is 0.0754. The molecule has 0 fully saturated rings. The van der Waals surface area contributed by atoms with E-state index in [1.54, 1.807) is 0 Å². The molecule has 5 nitrogen and oxygen atoms in total. The van der Waals surface area contributed by atoms with Crippen molar-refractivity contribution in [2.75, 3.05) is 11.9 Å². The second kappa shape index (κ2) is 6.18. The Kier molecular flexibility index (Phi) is 4.53. The molecule has 0 aliphatic rings. The number of aromatic nitrogens is 2. The number of halogens is 1. The molecule has 1 heterocycles. The third-order valence-corrected chi connectivity index (χ3v) is 3.95. The van der Waals surface area contributed by atoms with Crippen molar-refractivity contribution in [3.63, 3.8) is 0 Å². The third kappa shape index (κ3) is 3.19. The molecule has 1 aromatic carbocycles. The van der Waals surface area contributed by atoms with E-state index >= 15 is 0 Å². The second-order valence-corrected chi connectivity index (χ2v) is 5.38. The molecule has 2 rings (SSSR count). The highest BCUT2D eigenvalue weighted by Crippen LogP contribution is 2.24. The number of hydrogen-bond acceptors (Lipinski definition) is 3. The van der Waals surface area contributed by atoms with Crippen LogP contribution in [0.5, 0.6) is 0 Å². The van der Waals surface area contributed by atoms with Gasteiger partial charge in [-0.3, -0.25) is 10.1 Å². The number of anilines is 1. The van der Waals surface area contributed by atoms with Crippen molar-refractivity contribution in [2.45, 2.75) is 19.9 Å². The predicted octanol–water partition coefficient (Wildman–Crippen LogP) is 2.56. The first-order valence-corrected chi connectivity index (χ1v) is 7.17. The molecule has 0 radical (unpaired) electrons. The van der Waals surface area contributed by atoms with Gasteiger partial charge in [-0.1, -0.05) is 18.5 Å². The third-order valence-electron chi connectivity index (χ3n) is 3.51. The van der Waals surface area contributed by atoms with E-state index in [-0.39, 0.29) is 5.84 Å². The molecular weight excluding hydrogens is 286 g/mol. The highest BCUT2D eigenvalue weighted by Gasteiger charge is 2.15. The summed E-state index contributed by atoms with van der Waals surface area (Å²) in [6.45, 7) is 2.71. The van der Waals surface area contributed by atoms with Crippen molar-refractivity contribution in [3.8, 4) is 0 Å². The van der Waals surface area contributed by atoms with Crippen molar-refractivity contribution in [2.24, 2.45) is 12.8 Å². The molecular formula is C15H20ClN5. The number of nitrogen functional groups attached to an aromatic ring is 1. The van der Waals surface area contributed by atoms with Crippen LogP contribution >= 0.6 is 11.6 Å². The zero-order valence-electron chi connectivity index (χ0n) is 12.5. The van der Waals surface area contributed by atoms with Gasteiger partial charge < -0.3 is 10.6 Å². The second-order valence-electron chi connectivity index (χ2n) is 5.00. The van der Waals surface area contributed by atoms with Gasteiger partial charge >= 0.3 is 0 Å². The molecule has 0 aliphatic carbocycles. The van der Waals surface area contributed by atoms with E-state index in [1.807, 2.05) is 50.0 Å². The lowest BCUT2D eigenvalue weighted by atomic mass is 10.2. The lowest BCUT2D eigenvalue weighted by Crippen LogP contribution is -2.19. The highest BCUT2D eigenvalue weighted by atomic mass is 35.5. The number of hydrogen-bond donors (Lipinski definition) is 2. The summed E-state index contributed by atoms with van der Waals surface area (Å²) in [4.78, 5) is 2.09. The number of aryl methyl sites for hydroxylation is 2. The standard InChI is InChI=1S/C15H20ClN5/c1-4-12-14(16)13(21(3)19-12)9-20(2)11-7-5-10(6-8-11)15(17)18/h5-8H,4,9H2,1-3H3,(H3,17,18). The average molecular weight is 306 g/mol. The van der Waals surface area contributed by atoms with Gasteiger partial charge in [0.15, 0.2) is 0 Å². The zero-order valence-corrected chi connectivity index (χ0v) is 13.3. The number of nitrogens with zero attached hydrogens (tertiary/aromatic N) is 3. The molecule has 0 atom stereocenters. The Bertz CT molecular complexity index is 645. The molecule has 3 N–H and O–H groups in total. The SMILES string of the molecule is CCc1nn(C)c(CN(C)c2ccc(C(=N)N)cc2)c1Cl. The summed E-state index contributed by atoms with van der Waals surface area (Å²) >= 11 is 6.37. The maximum Gasteiger partial charge on any atom is 0.122 e. The van der Waals surface area contributed by atoms with Gasteiger partial charge in [-0.15, -0.1) is 0 Å². The van der Waals surface area contributed by atoms with E-state index in [1.165, 1.54) is 0 Å². The fourth-order valence-corrected chi connectivity index (χ4v) is 2.56. The molecule has 0 amide bonds. The van der Waals surface area contributed by atoms with Crippen molar-refractivity contribution in [3.05, 3.63) is 46.2 Å². The van der Waals surface area contributed by atoms with E-state index in [0.29, 0.717) is 6.54 Å². The molecule has 6 heteroatoms. The van der Waals surface area contributed by atoms with Crippen molar-refractivity contribution < 1.29 is 0 Å². The molecule has 0 spiro atoms. The Morgan fingerprint density at radius 3 is 2.48 bits per heavy atom. The number of rotatable bonds is 5. The van der Waals surface area contributed by atoms with Crippen molar-refractivity contribution in [1.29, 1.82) is 5.41 Å². The first-order chi connectivity index (χ1) is 9.93. The maximum atomic E-state index is 7.41. The van der Waals surface area contributed by atoms with Gasteiger partial charge in [0.1, 0.15) is 5.84 Å². The number of nitrogens with one attached hydrogen (secondary N) is 1. The molecule has 1 aromatic heterocycles. The van der Waals surface area contributed by atoms with Crippen molar-refractivity contribution >= 4 is 23.1 Å². The Labute approximate surface area is 129 Å². The Hall–Kier alpha value is -2.01. The minimum atomic E-state index is 0.0754. The van der Waals surface area contributed by atoms with Crippen molar-refractivity contribution in [1.82, 2.24) is 9.78 Å². The smallest absolute Gasteiger partial charge is 0.122 e. The molecule has 2 aromatic rings. The van der Waals surface area contributed by atoms with E-state index in [9.17, 15) is 0 Å². The largest absolute Gasteiger partial charge is 0.384 e. The summed E-state index contributed by atoms with van der Waals surface area (Å²) < 4.78 is 1.83. The van der Waals surface area contributed by atoms with Crippen LogP contribution in [0.4, 0.5) is 5.69 Å². The molecule has 0 saturated heterocycles. The Morgan fingerprint density at radius 2 is 2.00 bits per heavy atom. The highest BCUT2D eigenvalue weighted by molar-refractivity contribution is 6.31. The molecule has 0 aliphatic heterocycles. The molecule has 0 unspecified atom stereocenters. The van der Waals surface area contributed by atoms with Gasteiger partial charge in [0.2, 0.25) is 0 Å². The molecule has 21 heavy (non-hydrogen) atoms. The van der Waals surface area contributed by atoms with E-state index in [4.69, 9.17) is 22.7 Å². The summed E-state index contributed by atoms with van der Waals surface area (Å²) in [6.07, 6.45) is 0.823. The normalized spacial score (nSPS) is 10.7. The predicted molar refractivity (Wildman–Crippen MR) is 87.2 cm³/mol. The van der Waals surface area contributed by atoms with Gasteiger partial charge in [0.25, 0.3) is 0 Å². The Morgan fingerprint density at radius 1 is 1.38 bits per heavy atom. The maximum absolute atomic E-state index is 7.41.